The monoisotopic (exact) mass is 284 g/mol. The summed E-state index contributed by atoms with van der Waals surface area (Å²) < 4.78 is 5.23. The average Bonchev–Trinajstić information content (AvgIpc) is 3.02. The number of aromatic nitrogens is 1. The third-order valence-corrected chi connectivity index (χ3v) is 2.76. The summed E-state index contributed by atoms with van der Waals surface area (Å²) >= 11 is 0. The first-order valence-corrected chi connectivity index (χ1v) is 6.47. The highest BCUT2D eigenvalue weighted by Crippen LogP contribution is 2.25. The van der Waals surface area contributed by atoms with Crippen LogP contribution in [0.4, 0.5) is 5.69 Å². The Kier molecular flexibility index (Phi) is 5.02. The van der Waals surface area contributed by atoms with E-state index in [2.05, 4.69) is 22.1 Å². The molecule has 0 aliphatic heterocycles. The molecular formula is C16H16N2O3. The first kappa shape index (κ1) is 14.7. The van der Waals surface area contributed by atoms with Gasteiger partial charge in [-0.2, -0.15) is 0 Å². The summed E-state index contributed by atoms with van der Waals surface area (Å²) in [4.78, 5) is 14.9. The van der Waals surface area contributed by atoms with Crippen LogP contribution in [-0.2, 0) is 0 Å². The van der Waals surface area contributed by atoms with Crippen molar-refractivity contribution < 1.29 is 14.6 Å². The molecule has 1 heterocycles. The molecule has 0 atom stereocenters. The minimum Gasteiger partial charge on any atom is -0.495 e. The van der Waals surface area contributed by atoms with Gasteiger partial charge in [0.25, 0.3) is 5.91 Å². The fraction of sp³-hybridized carbons (Fsp3) is 0.188. The van der Waals surface area contributed by atoms with Gasteiger partial charge < -0.3 is 20.1 Å². The number of H-pyrrole nitrogens is 1. The number of methoxy groups -OCH3 is 1. The van der Waals surface area contributed by atoms with Gasteiger partial charge in [-0.3, -0.25) is 4.79 Å². The molecule has 1 aromatic heterocycles. The molecule has 0 aliphatic carbocycles. The summed E-state index contributed by atoms with van der Waals surface area (Å²) in [5.74, 6) is 6.06. The number of hydrogen-bond acceptors (Lipinski definition) is 3. The fourth-order valence-electron chi connectivity index (χ4n) is 1.77. The number of amides is 1. The van der Waals surface area contributed by atoms with Crippen LogP contribution >= 0.6 is 0 Å². The molecule has 0 saturated carbocycles. The van der Waals surface area contributed by atoms with Gasteiger partial charge in [-0.05, 0) is 30.3 Å². The number of aliphatic hydroxyl groups is 1. The molecule has 3 N–H and O–H groups in total. The van der Waals surface area contributed by atoms with Crippen LogP contribution in [0.1, 0.15) is 22.5 Å². The number of hydrogen-bond donors (Lipinski definition) is 3. The van der Waals surface area contributed by atoms with Gasteiger partial charge >= 0.3 is 0 Å². The van der Waals surface area contributed by atoms with Crippen LogP contribution in [0.5, 0.6) is 5.75 Å². The number of nitrogens with one attached hydrogen (secondary N) is 2. The number of carbonyl (C=O) groups excluding carboxylic acids is 1. The van der Waals surface area contributed by atoms with Crippen LogP contribution in [0.3, 0.4) is 0 Å². The van der Waals surface area contributed by atoms with E-state index < -0.39 is 0 Å². The molecule has 0 fully saturated rings. The van der Waals surface area contributed by atoms with Crippen molar-refractivity contribution in [3.05, 3.63) is 47.8 Å². The topological polar surface area (TPSA) is 74.3 Å². The van der Waals surface area contributed by atoms with E-state index in [4.69, 9.17) is 9.84 Å². The lowest BCUT2D eigenvalue weighted by molar-refractivity contribution is 0.102. The van der Waals surface area contributed by atoms with Crippen LogP contribution < -0.4 is 10.1 Å². The highest BCUT2D eigenvalue weighted by molar-refractivity contribution is 6.03. The Hall–Kier alpha value is -2.71. The SMILES string of the molecule is COc1ccc(C#CCCO)cc1NC(=O)c1ccc[nH]1. The van der Waals surface area contributed by atoms with E-state index >= 15 is 0 Å². The van der Waals surface area contributed by atoms with Gasteiger partial charge in [-0.1, -0.05) is 11.8 Å². The molecule has 0 spiro atoms. The Labute approximate surface area is 123 Å². The standard InChI is InChI=1S/C16H16N2O3/c1-21-15-8-7-12(5-2-3-10-19)11-14(15)18-16(20)13-6-4-9-17-13/h4,6-9,11,17,19H,3,10H2,1H3,(H,18,20). The Morgan fingerprint density at radius 2 is 2.29 bits per heavy atom. The van der Waals surface area contributed by atoms with Gasteiger partial charge in [0.1, 0.15) is 11.4 Å². The van der Waals surface area contributed by atoms with Crippen molar-refractivity contribution in [3.8, 4) is 17.6 Å². The number of aliphatic hydroxyl groups excluding tert-OH is 1. The van der Waals surface area contributed by atoms with Crippen molar-refractivity contribution in [3.63, 3.8) is 0 Å². The minimum atomic E-state index is -0.251. The predicted molar refractivity (Wildman–Crippen MR) is 80.3 cm³/mol. The zero-order valence-electron chi connectivity index (χ0n) is 11.6. The lowest BCUT2D eigenvalue weighted by Crippen LogP contribution is -2.13. The van der Waals surface area contributed by atoms with Crippen LogP contribution in [0.15, 0.2) is 36.5 Å². The van der Waals surface area contributed by atoms with Crippen molar-refractivity contribution in [1.82, 2.24) is 4.98 Å². The molecule has 0 bridgehead atoms. The van der Waals surface area contributed by atoms with Gasteiger partial charge in [0.05, 0.1) is 19.4 Å². The van der Waals surface area contributed by atoms with Gasteiger partial charge in [-0.25, -0.2) is 0 Å². The first-order chi connectivity index (χ1) is 10.2. The largest absolute Gasteiger partial charge is 0.495 e. The molecule has 1 amide bonds. The van der Waals surface area contributed by atoms with E-state index in [-0.39, 0.29) is 12.5 Å². The quantitative estimate of drug-likeness (QED) is 0.752. The normalized spacial score (nSPS) is 9.62. The fourth-order valence-corrected chi connectivity index (χ4v) is 1.77. The summed E-state index contributed by atoms with van der Waals surface area (Å²) in [7, 11) is 1.54. The zero-order chi connectivity index (χ0) is 15.1. The van der Waals surface area contributed by atoms with Crippen molar-refractivity contribution in [2.75, 3.05) is 19.0 Å². The summed E-state index contributed by atoms with van der Waals surface area (Å²) in [5, 5.41) is 11.5. The van der Waals surface area contributed by atoms with Crippen molar-refractivity contribution >= 4 is 11.6 Å². The molecule has 0 radical (unpaired) electrons. The molecule has 5 heteroatoms. The van der Waals surface area contributed by atoms with E-state index in [1.807, 2.05) is 0 Å². The molecule has 1 aromatic carbocycles. The summed E-state index contributed by atoms with van der Waals surface area (Å²) in [6, 6.07) is 8.72. The van der Waals surface area contributed by atoms with Gasteiger partial charge in [0, 0.05) is 18.2 Å². The van der Waals surface area contributed by atoms with Crippen molar-refractivity contribution in [1.29, 1.82) is 0 Å². The molecule has 21 heavy (non-hydrogen) atoms. The minimum absolute atomic E-state index is 0.0274. The molecule has 108 valence electrons. The molecule has 0 aliphatic rings. The average molecular weight is 284 g/mol. The van der Waals surface area contributed by atoms with E-state index in [0.717, 1.165) is 5.56 Å². The zero-order valence-corrected chi connectivity index (χ0v) is 11.6. The Balaban J connectivity index is 2.22. The third-order valence-electron chi connectivity index (χ3n) is 2.76. The Morgan fingerprint density at radius 3 is 2.95 bits per heavy atom. The highest BCUT2D eigenvalue weighted by Gasteiger charge is 2.10. The maximum Gasteiger partial charge on any atom is 0.272 e. The number of carbonyl (C=O) groups is 1. The van der Waals surface area contributed by atoms with Crippen LogP contribution in [0.25, 0.3) is 0 Å². The summed E-state index contributed by atoms with van der Waals surface area (Å²) in [5.41, 5.74) is 1.76. The second-order valence-corrected chi connectivity index (χ2v) is 4.23. The van der Waals surface area contributed by atoms with E-state index in [9.17, 15) is 4.79 Å². The maximum absolute atomic E-state index is 12.0. The van der Waals surface area contributed by atoms with E-state index in [1.165, 1.54) is 7.11 Å². The number of aromatic amines is 1. The van der Waals surface area contributed by atoms with Crippen LogP contribution in [0.2, 0.25) is 0 Å². The lowest BCUT2D eigenvalue weighted by atomic mass is 10.1. The molecular weight excluding hydrogens is 268 g/mol. The first-order valence-electron chi connectivity index (χ1n) is 6.47. The molecule has 0 saturated heterocycles. The second kappa shape index (κ2) is 7.17. The van der Waals surface area contributed by atoms with E-state index in [1.54, 1.807) is 36.5 Å². The van der Waals surface area contributed by atoms with E-state index in [0.29, 0.717) is 23.6 Å². The van der Waals surface area contributed by atoms with Crippen molar-refractivity contribution in [2.24, 2.45) is 0 Å². The van der Waals surface area contributed by atoms with Gasteiger partial charge in [0.2, 0.25) is 0 Å². The van der Waals surface area contributed by atoms with Crippen molar-refractivity contribution in [2.45, 2.75) is 6.42 Å². The number of rotatable bonds is 4. The highest BCUT2D eigenvalue weighted by atomic mass is 16.5. The number of anilines is 1. The smallest absolute Gasteiger partial charge is 0.272 e. The summed E-state index contributed by atoms with van der Waals surface area (Å²) in [6.07, 6.45) is 2.10. The summed E-state index contributed by atoms with van der Waals surface area (Å²) in [6.45, 7) is 0.0274. The van der Waals surface area contributed by atoms with Gasteiger partial charge in [-0.15, -0.1) is 0 Å². The van der Waals surface area contributed by atoms with Gasteiger partial charge in [0.15, 0.2) is 0 Å². The predicted octanol–water partition coefficient (Wildman–Crippen LogP) is 2.01. The molecule has 5 nitrogen and oxygen atoms in total. The number of benzene rings is 1. The second-order valence-electron chi connectivity index (χ2n) is 4.23. The number of ether oxygens (including phenoxy) is 1. The third kappa shape index (κ3) is 3.88. The van der Waals surface area contributed by atoms with Crippen LogP contribution in [0, 0.1) is 11.8 Å². The lowest BCUT2D eigenvalue weighted by Gasteiger charge is -2.10. The Bertz CT molecular complexity index is 667. The van der Waals surface area contributed by atoms with Crippen LogP contribution in [-0.4, -0.2) is 29.7 Å². The molecule has 2 aromatic rings. The molecule has 0 unspecified atom stereocenters. The molecule has 2 rings (SSSR count). The maximum atomic E-state index is 12.0. The Morgan fingerprint density at radius 1 is 1.43 bits per heavy atom.